The zero-order chi connectivity index (χ0) is 13.4. The molecule has 0 amide bonds. The van der Waals surface area contributed by atoms with E-state index in [4.69, 9.17) is 19.3 Å². The van der Waals surface area contributed by atoms with Crippen molar-refractivity contribution in [3.05, 3.63) is 12.7 Å². The molecule has 7 nitrogen and oxygen atoms in total. The van der Waals surface area contributed by atoms with Crippen molar-refractivity contribution in [3.8, 4) is 0 Å². The molecule has 2 saturated heterocycles. The predicted octanol–water partition coefficient (Wildman–Crippen LogP) is -1.89. The molecule has 2 fully saturated rings. The Hall–Kier alpha value is -0.540. The molecule has 2 aliphatic rings. The Labute approximate surface area is 104 Å². The lowest BCUT2D eigenvalue weighted by Gasteiger charge is -2.50. The van der Waals surface area contributed by atoms with E-state index in [-0.39, 0.29) is 19.6 Å². The van der Waals surface area contributed by atoms with Gasteiger partial charge in [-0.15, -0.1) is 6.58 Å². The van der Waals surface area contributed by atoms with Crippen LogP contribution >= 0.6 is 0 Å². The van der Waals surface area contributed by atoms with Gasteiger partial charge in [0.1, 0.15) is 18.3 Å². The summed E-state index contributed by atoms with van der Waals surface area (Å²) in [5.41, 5.74) is 0. The quantitative estimate of drug-likeness (QED) is 0.438. The van der Waals surface area contributed by atoms with E-state index >= 15 is 0 Å². The lowest BCUT2D eigenvalue weighted by Crippen LogP contribution is -2.72. The van der Waals surface area contributed by atoms with Crippen LogP contribution in [0.3, 0.4) is 0 Å². The van der Waals surface area contributed by atoms with Gasteiger partial charge in [-0.3, -0.25) is 0 Å². The van der Waals surface area contributed by atoms with Gasteiger partial charge in [-0.1, -0.05) is 6.08 Å². The Kier molecular flexibility index (Phi) is 3.75. The molecular weight excluding hydrogens is 244 g/mol. The van der Waals surface area contributed by atoms with Crippen LogP contribution in [0.1, 0.15) is 6.42 Å². The fourth-order valence-electron chi connectivity index (χ4n) is 2.38. The maximum absolute atomic E-state index is 10.3. The largest absolute Gasteiger partial charge is 0.394 e. The van der Waals surface area contributed by atoms with Gasteiger partial charge < -0.3 is 34.6 Å². The van der Waals surface area contributed by atoms with Crippen LogP contribution in [0, 0.1) is 0 Å². The zero-order valence-corrected chi connectivity index (χ0v) is 9.86. The lowest BCUT2D eigenvalue weighted by molar-refractivity contribution is -0.435. The van der Waals surface area contributed by atoms with Crippen LogP contribution in [0.2, 0.25) is 0 Å². The van der Waals surface area contributed by atoms with Gasteiger partial charge in [0.2, 0.25) is 5.79 Å². The first-order valence-electron chi connectivity index (χ1n) is 5.77. The van der Waals surface area contributed by atoms with Crippen molar-refractivity contribution in [2.24, 2.45) is 0 Å². The molecule has 2 aliphatic heterocycles. The minimum atomic E-state index is -2.15. The first kappa shape index (κ1) is 13.9. The van der Waals surface area contributed by atoms with Crippen molar-refractivity contribution >= 4 is 0 Å². The number of hydrogen-bond acceptors (Lipinski definition) is 7. The third kappa shape index (κ3) is 1.79. The van der Waals surface area contributed by atoms with Gasteiger partial charge in [0, 0.05) is 6.42 Å². The molecule has 0 aromatic heterocycles. The molecule has 5 atom stereocenters. The Bertz CT molecular complexity index is 323. The smallest absolute Gasteiger partial charge is 0.251 e. The highest BCUT2D eigenvalue weighted by atomic mass is 16.8. The molecule has 2 heterocycles. The third-order valence-corrected chi connectivity index (χ3v) is 3.36. The van der Waals surface area contributed by atoms with Crippen LogP contribution in [-0.4, -0.2) is 70.1 Å². The molecule has 7 heteroatoms. The molecule has 0 aliphatic carbocycles. The summed E-state index contributed by atoms with van der Waals surface area (Å²) in [6.07, 6.45) is -2.50. The van der Waals surface area contributed by atoms with Crippen LogP contribution in [0.15, 0.2) is 12.7 Å². The summed E-state index contributed by atoms with van der Waals surface area (Å²) in [6, 6.07) is 0. The minimum absolute atomic E-state index is 0.0760. The summed E-state index contributed by atoms with van der Waals surface area (Å²) in [7, 11) is 0. The molecule has 0 aromatic rings. The van der Waals surface area contributed by atoms with Crippen molar-refractivity contribution in [2.45, 2.75) is 36.3 Å². The van der Waals surface area contributed by atoms with Crippen molar-refractivity contribution < 1.29 is 34.6 Å². The summed E-state index contributed by atoms with van der Waals surface area (Å²) in [4.78, 5) is 0. The molecular formula is C11H18O7. The van der Waals surface area contributed by atoms with E-state index in [0.717, 1.165) is 0 Å². The second kappa shape index (κ2) is 4.86. The van der Waals surface area contributed by atoms with E-state index in [1.54, 1.807) is 0 Å². The van der Waals surface area contributed by atoms with Gasteiger partial charge in [0.25, 0.3) is 5.79 Å². The minimum Gasteiger partial charge on any atom is -0.394 e. The van der Waals surface area contributed by atoms with Gasteiger partial charge in [0.15, 0.2) is 0 Å². The van der Waals surface area contributed by atoms with Gasteiger partial charge in [-0.25, -0.2) is 0 Å². The molecule has 0 spiro atoms. The van der Waals surface area contributed by atoms with Crippen LogP contribution < -0.4 is 0 Å². The molecule has 2 rings (SSSR count). The molecule has 1 unspecified atom stereocenters. The Morgan fingerprint density at radius 3 is 2.78 bits per heavy atom. The second-order valence-electron chi connectivity index (χ2n) is 4.42. The SMILES string of the molecule is C=CCOC12CCO[C@@]1(O)[C@@H](O)[C@H](O)[C@@H](CO)O2. The summed E-state index contributed by atoms with van der Waals surface area (Å²) >= 11 is 0. The predicted molar refractivity (Wildman–Crippen MR) is 58.4 cm³/mol. The van der Waals surface area contributed by atoms with Crippen molar-refractivity contribution in [3.63, 3.8) is 0 Å². The second-order valence-corrected chi connectivity index (χ2v) is 4.42. The van der Waals surface area contributed by atoms with Gasteiger partial charge >= 0.3 is 0 Å². The zero-order valence-electron chi connectivity index (χ0n) is 9.86. The number of aliphatic hydroxyl groups is 4. The Balaban J connectivity index is 2.31. The van der Waals surface area contributed by atoms with E-state index < -0.39 is 36.5 Å². The first-order chi connectivity index (χ1) is 8.50. The van der Waals surface area contributed by atoms with E-state index in [0.29, 0.717) is 0 Å². The normalized spacial score (nSPS) is 47.9. The summed E-state index contributed by atoms with van der Waals surface area (Å²) in [5.74, 6) is -3.76. The third-order valence-electron chi connectivity index (χ3n) is 3.36. The topological polar surface area (TPSA) is 109 Å². The molecule has 0 bridgehead atoms. The monoisotopic (exact) mass is 262 g/mol. The number of fused-ring (bicyclic) bond motifs is 1. The van der Waals surface area contributed by atoms with Crippen molar-refractivity contribution in [2.75, 3.05) is 19.8 Å². The Morgan fingerprint density at radius 2 is 2.17 bits per heavy atom. The highest BCUT2D eigenvalue weighted by Crippen LogP contribution is 2.46. The van der Waals surface area contributed by atoms with E-state index in [1.807, 2.05) is 0 Å². The van der Waals surface area contributed by atoms with Crippen LogP contribution in [-0.2, 0) is 14.2 Å². The number of hydrogen-bond donors (Lipinski definition) is 4. The van der Waals surface area contributed by atoms with Crippen molar-refractivity contribution in [1.82, 2.24) is 0 Å². The number of rotatable bonds is 4. The molecule has 0 aromatic carbocycles. The first-order valence-corrected chi connectivity index (χ1v) is 5.77. The summed E-state index contributed by atoms with van der Waals surface area (Å²) in [5, 5.41) is 39.2. The fraction of sp³-hybridized carbons (Fsp3) is 0.818. The molecule has 0 saturated carbocycles. The summed E-state index contributed by atoms with van der Waals surface area (Å²) < 4.78 is 15.9. The average molecular weight is 262 g/mol. The number of aliphatic hydroxyl groups excluding tert-OH is 3. The number of ether oxygens (including phenoxy) is 3. The molecule has 18 heavy (non-hydrogen) atoms. The van der Waals surface area contributed by atoms with Gasteiger partial charge in [0.05, 0.1) is 19.8 Å². The molecule has 104 valence electrons. The molecule has 4 N–H and O–H groups in total. The average Bonchev–Trinajstić information content (AvgIpc) is 2.70. The highest BCUT2D eigenvalue weighted by molar-refractivity contribution is 5.06. The Morgan fingerprint density at radius 1 is 1.44 bits per heavy atom. The van der Waals surface area contributed by atoms with Crippen LogP contribution in [0.5, 0.6) is 0 Å². The van der Waals surface area contributed by atoms with Crippen molar-refractivity contribution in [1.29, 1.82) is 0 Å². The lowest BCUT2D eigenvalue weighted by atomic mass is 9.89. The standard InChI is InChI=1S/C11H18O7/c1-2-4-16-10-3-5-17-11(10,15)9(14)8(13)7(6-12)18-10/h2,7-9,12-15H,1,3-6H2/t7-,8-,9+,10?,11+/m1/s1. The summed E-state index contributed by atoms with van der Waals surface area (Å²) in [6.45, 7) is 3.16. The maximum Gasteiger partial charge on any atom is 0.251 e. The van der Waals surface area contributed by atoms with E-state index in [9.17, 15) is 15.3 Å². The molecule has 0 radical (unpaired) electrons. The van der Waals surface area contributed by atoms with E-state index in [2.05, 4.69) is 6.58 Å². The van der Waals surface area contributed by atoms with Gasteiger partial charge in [-0.2, -0.15) is 0 Å². The highest BCUT2D eigenvalue weighted by Gasteiger charge is 2.68. The van der Waals surface area contributed by atoms with Gasteiger partial charge in [-0.05, 0) is 0 Å². The van der Waals surface area contributed by atoms with Crippen LogP contribution in [0.4, 0.5) is 0 Å². The fourth-order valence-corrected chi connectivity index (χ4v) is 2.38. The van der Waals surface area contributed by atoms with E-state index in [1.165, 1.54) is 6.08 Å². The maximum atomic E-state index is 10.3. The van der Waals surface area contributed by atoms with Crippen LogP contribution in [0.25, 0.3) is 0 Å².